The summed E-state index contributed by atoms with van der Waals surface area (Å²) in [5.74, 6) is 0.0189. The highest BCUT2D eigenvalue weighted by Gasteiger charge is 2.29. The van der Waals surface area contributed by atoms with Crippen LogP contribution in [0.15, 0.2) is 52.0 Å². The lowest BCUT2D eigenvalue weighted by atomic mass is 10.2. The molecule has 1 unspecified atom stereocenters. The van der Waals surface area contributed by atoms with Gasteiger partial charge in [-0.05, 0) is 24.3 Å². The third kappa shape index (κ3) is 3.21. The molecule has 4 heterocycles. The van der Waals surface area contributed by atoms with Crippen molar-refractivity contribution in [2.75, 3.05) is 11.1 Å². The minimum atomic E-state index is -0.353. The van der Waals surface area contributed by atoms with Crippen molar-refractivity contribution in [2.24, 2.45) is 0 Å². The first-order chi connectivity index (χ1) is 14.1. The number of nitrogens with one attached hydrogen (secondary N) is 1. The van der Waals surface area contributed by atoms with Gasteiger partial charge in [0.2, 0.25) is 5.91 Å². The lowest BCUT2D eigenvalue weighted by molar-refractivity contribution is -0.116. The number of thiazole rings is 1. The van der Waals surface area contributed by atoms with Crippen LogP contribution in [0.2, 0.25) is 0 Å². The van der Waals surface area contributed by atoms with Crippen LogP contribution in [0, 0.1) is 5.82 Å². The number of hydrogen-bond donors (Lipinski definition) is 1. The molecule has 0 radical (unpaired) electrons. The zero-order chi connectivity index (χ0) is 20.0. The molecule has 29 heavy (non-hydrogen) atoms. The van der Waals surface area contributed by atoms with E-state index in [0.29, 0.717) is 32.8 Å². The predicted octanol–water partition coefficient (Wildman–Crippen LogP) is 2.85. The quantitative estimate of drug-likeness (QED) is 0.503. The highest BCUT2D eigenvalue weighted by Crippen LogP contribution is 2.33. The number of aromatic nitrogens is 5. The fourth-order valence-corrected chi connectivity index (χ4v) is 4.90. The molecule has 1 aliphatic rings. The van der Waals surface area contributed by atoms with E-state index >= 15 is 0 Å². The van der Waals surface area contributed by atoms with Crippen LogP contribution in [0.4, 0.5) is 9.52 Å². The lowest BCUT2D eigenvalue weighted by Gasteiger charge is -2.12. The van der Waals surface area contributed by atoms with Gasteiger partial charge in [0.25, 0.3) is 5.56 Å². The fraction of sp³-hybridized carbons (Fsp3) is 0.167. The van der Waals surface area contributed by atoms with Crippen LogP contribution in [-0.2, 0) is 4.79 Å². The second-order valence-corrected chi connectivity index (χ2v) is 8.28. The third-order valence-electron chi connectivity index (χ3n) is 4.54. The molecule has 5 rings (SSSR count). The minimum absolute atomic E-state index is 0.152. The molecule has 1 N–H and O–H groups in total. The van der Waals surface area contributed by atoms with E-state index in [2.05, 4.69) is 20.4 Å². The van der Waals surface area contributed by atoms with E-state index in [1.807, 2.05) is 0 Å². The van der Waals surface area contributed by atoms with Crippen molar-refractivity contribution in [1.29, 1.82) is 0 Å². The molecule has 1 amide bonds. The van der Waals surface area contributed by atoms with Gasteiger partial charge in [-0.2, -0.15) is 5.10 Å². The van der Waals surface area contributed by atoms with Crippen LogP contribution in [0.5, 0.6) is 0 Å². The molecule has 1 atom stereocenters. The summed E-state index contributed by atoms with van der Waals surface area (Å²) >= 11 is 2.76. The van der Waals surface area contributed by atoms with E-state index in [-0.39, 0.29) is 29.7 Å². The molecular formula is C18H13FN6O2S2. The number of halogens is 1. The number of thioether (sulfide) groups is 1. The topological polar surface area (TPSA) is 94.7 Å². The first-order valence-electron chi connectivity index (χ1n) is 8.68. The lowest BCUT2D eigenvalue weighted by Crippen LogP contribution is -2.27. The van der Waals surface area contributed by atoms with Gasteiger partial charge in [-0.25, -0.2) is 19.0 Å². The number of carbonyl (C=O) groups excluding carboxylic acids is 1. The second kappa shape index (κ2) is 7.08. The fourth-order valence-electron chi connectivity index (χ4n) is 3.22. The Morgan fingerprint density at radius 1 is 1.31 bits per heavy atom. The first kappa shape index (κ1) is 18.0. The van der Waals surface area contributed by atoms with Crippen molar-refractivity contribution in [3.8, 4) is 5.69 Å². The average Bonchev–Trinajstić information content (AvgIpc) is 3.43. The highest BCUT2D eigenvalue weighted by atomic mass is 32.2. The van der Waals surface area contributed by atoms with Crippen LogP contribution in [-0.4, -0.2) is 36.0 Å². The summed E-state index contributed by atoms with van der Waals surface area (Å²) < 4.78 is 16.3. The Hall–Kier alpha value is -3.05. The summed E-state index contributed by atoms with van der Waals surface area (Å²) in [6.45, 7) is 0. The van der Waals surface area contributed by atoms with Crippen LogP contribution in [0.1, 0.15) is 12.5 Å². The number of amides is 1. The predicted molar refractivity (Wildman–Crippen MR) is 108 cm³/mol. The van der Waals surface area contributed by atoms with Gasteiger partial charge < -0.3 is 5.32 Å². The zero-order valence-corrected chi connectivity index (χ0v) is 16.4. The monoisotopic (exact) mass is 428 g/mol. The van der Waals surface area contributed by atoms with E-state index < -0.39 is 0 Å². The maximum absolute atomic E-state index is 13.2. The van der Waals surface area contributed by atoms with Gasteiger partial charge in [0.15, 0.2) is 15.9 Å². The van der Waals surface area contributed by atoms with Gasteiger partial charge >= 0.3 is 0 Å². The maximum atomic E-state index is 13.2. The minimum Gasteiger partial charge on any atom is -0.302 e. The molecule has 8 nitrogen and oxygen atoms in total. The summed E-state index contributed by atoms with van der Waals surface area (Å²) in [7, 11) is 0. The number of rotatable bonds is 4. The van der Waals surface area contributed by atoms with Crippen LogP contribution in [0.25, 0.3) is 16.7 Å². The number of anilines is 1. The number of hydrogen-bond acceptors (Lipinski definition) is 7. The Kier molecular flexibility index (Phi) is 4.40. The van der Waals surface area contributed by atoms with E-state index in [0.717, 1.165) is 0 Å². The molecule has 0 aliphatic carbocycles. The van der Waals surface area contributed by atoms with Gasteiger partial charge in [-0.1, -0.05) is 11.8 Å². The molecule has 0 saturated heterocycles. The Morgan fingerprint density at radius 3 is 2.90 bits per heavy atom. The molecular weight excluding hydrogens is 415 g/mol. The summed E-state index contributed by atoms with van der Waals surface area (Å²) in [5.41, 5.74) is 0.782. The van der Waals surface area contributed by atoms with E-state index in [1.54, 1.807) is 28.3 Å². The van der Waals surface area contributed by atoms with Gasteiger partial charge in [0.05, 0.1) is 17.9 Å². The third-order valence-corrected chi connectivity index (χ3v) is 6.33. The molecule has 11 heteroatoms. The van der Waals surface area contributed by atoms with Crippen LogP contribution >= 0.6 is 23.1 Å². The molecule has 0 saturated carbocycles. The van der Waals surface area contributed by atoms with Crippen LogP contribution < -0.4 is 10.9 Å². The Morgan fingerprint density at radius 2 is 2.14 bits per heavy atom. The largest absolute Gasteiger partial charge is 0.302 e. The van der Waals surface area contributed by atoms with Gasteiger partial charge in [0, 0.05) is 23.8 Å². The SMILES string of the molecule is O=C(CC1CSc2nc3c(cnn3-c3ccc(F)cc3)c(=O)n21)Nc1nccs1. The second-order valence-electron chi connectivity index (χ2n) is 6.39. The van der Waals surface area contributed by atoms with Crippen molar-refractivity contribution in [1.82, 2.24) is 24.3 Å². The standard InChI is InChI=1S/C18H13FN6O2S2/c19-10-1-3-11(4-2-10)25-15-13(8-21-25)16(27)24-12(9-29-18(24)23-15)7-14(26)22-17-20-5-6-28-17/h1-6,8,12H,7,9H2,(H,20,22,26). The van der Waals surface area contributed by atoms with Crippen molar-refractivity contribution in [3.63, 3.8) is 0 Å². The van der Waals surface area contributed by atoms with Gasteiger partial charge in [-0.3, -0.25) is 14.2 Å². The molecule has 0 bridgehead atoms. The number of fused-ring (bicyclic) bond motifs is 2. The molecule has 1 aromatic carbocycles. The molecule has 3 aromatic heterocycles. The molecule has 0 fully saturated rings. The number of nitrogens with zero attached hydrogens (tertiary/aromatic N) is 5. The van der Waals surface area contributed by atoms with Gasteiger partial charge in [0.1, 0.15) is 11.2 Å². The molecule has 146 valence electrons. The molecule has 0 spiro atoms. The Balaban J connectivity index is 1.48. The normalized spacial score (nSPS) is 15.6. The Labute approximate surface area is 171 Å². The number of carbonyl (C=O) groups is 1. The van der Waals surface area contributed by atoms with E-state index in [1.165, 1.54) is 46.1 Å². The molecule has 4 aromatic rings. The zero-order valence-electron chi connectivity index (χ0n) is 14.8. The van der Waals surface area contributed by atoms with Crippen molar-refractivity contribution in [3.05, 3.63) is 58.2 Å². The maximum Gasteiger partial charge on any atom is 0.265 e. The van der Waals surface area contributed by atoms with E-state index in [4.69, 9.17) is 0 Å². The van der Waals surface area contributed by atoms with Crippen molar-refractivity contribution < 1.29 is 9.18 Å². The van der Waals surface area contributed by atoms with Crippen molar-refractivity contribution >= 4 is 45.2 Å². The number of benzene rings is 1. The average molecular weight is 428 g/mol. The summed E-state index contributed by atoms with van der Waals surface area (Å²) in [5, 5.41) is 10.2. The highest BCUT2D eigenvalue weighted by molar-refractivity contribution is 7.99. The van der Waals surface area contributed by atoms with E-state index in [9.17, 15) is 14.0 Å². The first-order valence-corrected chi connectivity index (χ1v) is 10.5. The smallest absolute Gasteiger partial charge is 0.265 e. The van der Waals surface area contributed by atoms with Crippen LogP contribution in [0.3, 0.4) is 0 Å². The summed E-state index contributed by atoms with van der Waals surface area (Å²) in [6.07, 6.45) is 3.22. The summed E-state index contributed by atoms with van der Waals surface area (Å²) in [6, 6.07) is 5.51. The van der Waals surface area contributed by atoms with Gasteiger partial charge in [-0.15, -0.1) is 11.3 Å². The summed E-state index contributed by atoms with van der Waals surface area (Å²) in [4.78, 5) is 34.0. The van der Waals surface area contributed by atoms with Crippen molar-refractivity contribution in [2.45, 2.75) is 17.6 Å². The Bertz CT molecular complexity index is 1270. The molecule has 1 aliphatic heterocycles.